The summed E-state index contributed by atoms with van der Waals surface area (Å²) >= 11 is 0. The Morgan fingerprint density at radius 1 is 1.05 bits per heavy atom. The van der Waals surface area contributed by atoms with Gasteiger partial charge in [0.2, 0.25) is 0 Å². The molecule has 1 fully saturated rings. The number of hydrogen-bond donors (Lipinski definition) is 0. The van der Waals surface area contributed by atoms with Crippen LogP contribution in [0.2, 0.25) is 0 Å². The van der Waals surface area contributed by atoms with E-state index in [0.29, 0.717) is 5.92 Å². The Morgan fingerprint density at radius 2 is 1.80 bits per heavy atom. The number of hydrogen-bond acceptors (Lipinski definition) is 2. The summed E-state index contributed by atoms with van der Waals surface area (Å²) in [5.74, 6) is 0.673. The monoisotopic (exact) mass is 265 g/mol. The van der Waals surface area contributed by atoms with Crippen LogP contribution in [0, 0.1) is 13.8 Å². The van der Waals surface area contributed by atoms with E-state index < -0.39 is 0 Å². The van der Waals surface area contributed by atoms with Gasteiger partial charge in [-0.15, -0.1) is 0 Å². The minimum Gasteiger partial charge on any atom is -0.289 e. The lowest BCUT2D eigenvalue weighted by Gasteiger charge is -2.27. The summed E-state index contributed by atoms with van der Waals surface area (Å²) in [5.41, 5.74) is 4.56. The molecule has 3 rings (SSSR count). The van der Waals surface area contributed by atoms with Crippen molar-refractivity contribution in [3.63, 3.8) is 0 Å². The van der Waals surface area contributed by atoms with Crippen LogP contribution in [-0.4, -0.2) is 10.8 Å². The van der Waals surface area contributed by atoms with E-state index in [-0.39, 0.29) is 5.78 Å². The molecule has 0 bridgehead atoms. The van der Waals surface area contributed by atoms with Crippen molar-refractivity contribution in [1.82, 2.24) is 4.98 Å². The fourth-order valence-corrected chi connectivity index (χ4v) is 2.85. The van der Waals surface area contributed by atoms with E-state index in [1.807, 2.05) is 44.2 Å². The van der Waals surface area contributed by atoms with Crippen molar-refractivity contribution in [1.29, 1.82) is 0 Å². The van der Waals surface area contributed by atoms with Crippen LogP contribution in [-0.2, 0) is 0 Å². The number of aromatic nitrogens is 1. The molecule has 1 aromatic carbocycles. The van der Waals surface area contributed by atoms with Gasteiger partial charge >= 0.3 is 0 Å². The van der Waals surface area contributed by atoms with Crippen LogP contribution in [0.15, 0.2) is 36.4 Å². The third-order valence-corrected chi connectivity index (χ3v) is 4.22. The average Bonchev–Trinajstić information content (AvgIpc) is 2.37. The highest BCUT2D eigenvalue weighted by Gasteiger charge is 2.25. The molecule has 0 N–H and O–H groups in total. The third kappa shape index (κ3) is 2.26. The van der Waals surface area contributed by atoms with Gasteiger partial charge < -0.3 is 0 Å². The molecule has 0 atom stereocenters. The predicted molar refractivity (Wildman–Crippen MR) is 80.2 cm³/mol. The second kappa shape index (κ2) is 5.20. The van der Waals surface area contributed by atoms with Crippen molar-refractivity contribution in [3.05, 3.63) is 64.5 Å². The molecule has 102 valence electrons. The maximum atomic E-state index is 12.8. The van der Waals surface area contributed by atoms with E-state index in [2.05, 4.69) is 11.1 Å². The summed E-state index contributed by atoms with van der Waals surface area (Å²) in [6.45, 7) is 3.86. The molecule has 1 aromatic heterocycles. The van der Waals surface area contributed by atoms with E-state index >= 15 is 0 Å². The number of carbonyl (C=O) groups excluding carboxylic acids is 1. The SMILES string of the molecule is Cc1ccc(C(=O)c2ccccc2C2CCC2)c(C)n1. The molecule has 20 heavy (non-hydrogen) atoms. The van der Waals surface area contributed by atoms with E-state index in [1.54, 1.807) is 0 Å². The molecular weight excluding hydrogens is 246 g/mol. The standard InChI is InChI=1S/C18H19NO/c1-12-10-11-15(13(2)19-12)18(20)17-9-4-3-8-16(17)14-6-5-7-14/h3-4,8-11,14H,5-7H2,1-2H3. The molecule has 0 saturated heterocycles. The van der Waals surface area contributed by atoms with Crippen molar-refractivity contribution < 1.29 is 4.79 Å². The number of nitrogens with zero attached hydrogens (tertiary/aromatic N) is 1. The van der Waals surface area contributed by atoms with Crippen molar-refractivity contribution >= 4 is 5.78 Å². The highest BCUT2D eigenvalue weighted by Crippen LogP contribution is 2.38. The lowest BCUT2D eigenvalue weighted by molar-refractivity contribution is 0.103. The molecule has 1 aliphatic rings. The molecule has 0 spiro atoms. The van der Waals surface area contributed by atoms with Crippen LogP contribution < -0.4 is 0 Å². The zero-order valence-electron chi connectivity index (χ0n) is 12.0. The largest absolute Gasteiger partial charge is 0.289 e. The molecule has 2 heteroatoms. The zero-order valence-corrected chi connectivity index (χ0v) is 12.0. The van der Waals surface area contributed by atoms with Gasteiger partial charge in [-0.25, -0.2) is 0 Å². The van der Waals surface area contributed by atoms with Crippen molar-refractivity contribution in [2.75, 3.05) is 0 Å². The predicted octanol–water partition coefficient (Wildman–Crippen LogP) is 4.20. The Hall–Kier alpha value is -1.96. The van der Waals surface area contributed by atoms with Gasteiger partial charge in [-0.2, -0.15) is 0 Å². The molecule has 0 radical (unpaired) electrons. The number of ketones is 1. The Labute approximate surface area is 119 Å². The number of rotatable bonds is 3. The Bertz CT molecular complexity index is 656. The molecule has 1 heterocycles. The summed E-state index contributed by atoms with van der Waals surface area (Å²) in [6, 6.07) is 11.9. The van der Waals surface area contributed by atoms with Crippen molar-refractivity contribution in [2.45, 2.75) is 39.0 Å². The summed E-state index contributed by atoms with van der Waals surface area (Å²) in [7, 11) is 0. The maximum Gasteiger partial charge on any atom is 0.195 e. The molecule has 0 amide bonds. The van der Waals surface area contributed by atoms with Crippen LogP contribution in [0.25, 0.3) is 0 Å². The van der Waals surface area contributed by atoms with Gasteiger partial charge in [-0.05, 0) is 50.3 Å². The first-order valence-electron chi connectivity index (χ1n) is 7.24. The van der Waals surface area contributed by atoms with Crippen LogP contribution in [0.4, 0.5) is 0 Å². The molecule has 2 nitrogen and oxygen atoms in total. The molecule has 0 aliphatic heterocycles. The second-order valence-corrected chi connectivity index (χ2v) is 5.63. The number of carbonyl (C=O) groups is 1. The number of aryl methyl sites for hydroxylation is 2. The molecule has 2 aromatic rings. The van der Waals surface area contributed by atoms with Gasteiger partial charge in [0.15, 0.2) is 5.78 Å². The summed E-state index contributed by atoms with van der Waals surface area (Å²) in [6.07, 6.45) is 3.68. The fourth-order valence-electron chi connectivity index (χ4n) is 2.85. The van der Waals surface area contributed by atoms with Crippen LogP contribution in [0.3, 0.4) is 0 Å². The van der Waals surface area contributed by atoms with E-state index in [1.165, 1.54) is 24.8 Å². The minimum absolute atomic E-state index is 0.109. The first-order valence-corrected chi connectivity index (χ1v) is 7.24. The van der Waals surface area contributed by atoms with Gasteiger partial charge in [0.25, 0.3) is 0 Å². The maximum absolute atomic E-state index is 12.8. The average molecular weight is 265 g/mol. The van der Waals surface area contributed by atoms with Gasteiger partial charge in [0, 0.05) is 22.5 Å². The van der Waals surface area contributed by atoms with Crippen LogP contribution in [0.5, 0.6) is 0 Å². The zero-order chi connectivity index (χ0) is 14.1. The highest BCUT2D eigenvalue weighted by atomic mass is 16.1. The van der Waals surface area contributed by atoms with E-state index in [0.717, 1.165) is 22.5 Å². The third-order valence-electron chi connectivity index (χ3n) is 4.22. The van der Waals surface area contributed by atoms with Gasteiger partial charge in [-0.3, -0.25) is 9.78 Å². The van der Waals surface area contributed by atoms with E-state index in [4.69, 9.17) is 0 Å². The number of benzene rings is 1. The Morgan fingerprint density at radius 3 is 2.45 bits per heavy atom. The Balaban J connectivity index is 2.02. The quantitative estimate of drug-likeness (QED) is 0.779. The minimum atomic E-state index is 0.109. The molecule has 1 saturated carbocycles. The smallest absolute Gasteiger partial charge is 0.195 e. The van der Waals surface area contributed by atoms with Gasteiger partial charge in [0.05, 0.1) is 0 Å². The first-order chi connectivity index (χ1) is 9.66. The molecule has 1 aliphatic carbocycles. The van der Waals surface area contributed by atoms with Crippen LogP contribution in [0.1, 0.15) is 58.1 Å². The van der Waals surface area contributed by atoms with Crippen molar-refractivity contribution in [3.8, 4) is 0 Å². The van der Waals surface area contributed by atoms with Crippen LogP contribution >= 0.6 is 0 Å². The first kappa shape index (κ1) is 13.0. The molecule has 0 unspecified atom stereocenters. The number of pyridine rings is 1. The summed E-state index contributed by atoms with van der Waals surface area (Å²) in [5, 5.41) is 0. The Kier molecular flexibility index (Phi) is 3.39. The van der Waals surface area contributed by atoms with Gasteiger partial charge in [-0.1, -0.05) is 30.7 Å². The van der Waals surface area contributed by atoms with Crippen molar-refractivity contribution in [2.24, 2.45) is 0 Å². The topological polar surface area (TPSA) is 30.0 Å². The normalized spacial score (nSPS) is 14.9. The summed E-state index contributed by atoms with van der Waals surface area (Å²) < 4.78 is 0. The molecular formula is C18H19NO. The lowest BCUT2D eigenvalue weighted by Crippen LogP contribution is -2.15. The van der Waals surface area contributed by atoms with E-state index in [9.17, 15) is 4.79 Å². The lowest BCUT2D eigenvalue weighted by atomic mass is 9.77. The highest BCUT2D eigenvalue weighted by molar-refractivity contribution is 6.10. The fraction of sp³-hybridized carbons (Fsp3) is 0.333. The summed E-state index contributed by atoms with van der Waals surface area (Å²) in [4.78, 5) is 17.2. The van der Waals surface area contributed by atoms with Gasteiger partial charge in [0.1, 0.15) is 0 Å². The second-order valence-electron chi connectivity index (χ2n) is 5.63.